The second-order valence-corrected chi connectivity index (χ2v) is 8.63. The molecule has 35 heavy (non-hydrogen) atoms. The number of halogens is 7. The van der Waals surface area contributed by atoms with Crippen molar-refractivity contribution in [3.63, 3.8) is 0 Å². The van der Waals surface area contributed by atoms with Gasteiger partial charge in [0.1, 0.15) is 0 Å². The van der Waals surface area contributed by atoms with Gasteiger partial charge in [0.05, 0.1) is 40.2 Å². The summed E-state index contributed by atoms with van der Waals surface area (Å²) in [6.45, 7) is 0.858. The SMILES string of the molecule is Cc1cc(N2C[C@@H](c3cccc(C(F)(F)F)c3)N(C[C@@H](O)C(F)(F)F)c3ccccc32)c(Cl)cn1. The summed E-state index contributed by atoms with van der Waals surface area (Å²) >= 11 is 6.40. The monoisotopic (exact) mass is 515 g/mol. The third-order valence-electron chi connectivity index (χ3n) is 5.82. The molecule has 186 valence electrons. The number of hydrogen-bond acceptors (Lipinski definition) is 4. The quantitative estimate of drug-likeness (QED) is 0.393. The number of fused-ring (bicyclic) bond motifs is 1. The van der Waals surface area contributed by atoms with Gasteiger partial charge in [-0.3, -0.25) is 4.98 Å². The van der Waals surface area contributed by atoms with Gasteiger partial charge >= 0.3 is 12.4 Å². The molecule has 1 N–H and O–H groups in total. The largest absolute Gasteiger partial charge is 0.416 e. The molecule has 0 aliphatic carbocycles. The van der Waals surface area contributed by atoms with Gasteiger partial charge in [0.2, 0.25) is 0 Å². The fourth-order valence-electron chi connectivity index (χ4n) is 4.16. The second kappa shape index (κ2) is 9.23. The molecule has 4 rings (SSSR count). The molecular formula is C24H20ClF6N3O. The van der Waals surface area contributed by atoms with Gasteiger partial charge in [0.25, 0.3) is 0 Å². The molecule has 0 radical (unpaired) electrons. The molecule has 1 aliphatic heterocycles. The van der Waals surface area contributed by atoms with E-state index >= 15 is 0 Å². The van der Waals surface area contributed by atoms with Gasteiger partial charge in [0.15, 0.2) is 6.10 Å². The molecule has 0 saturated heterocycles. The van der Waals surface area contributed by atoms with E-state index in [0.29, 0.717) is 22.8 Å². The Morgan fingerprint density at radius 2 is 1.69 bits per heavy atom. The summed E-state index contributed by atoms with van der Waals surface area (Å²) in [6.07, 6.45) is -10.8. The van der Waals surface area contributed by atoms with Crippen molar-refractivity contribution < 1.29 is 31.4 Å². The van der Waals surface area contributed by atoms with Gasteiger partial charge in [-0.2, -0.15) is 26.3 Å². The zero-order valence-electron chi connectivity index (χ0n) is 18.3. The molecule has 2 aromatic carbocycles. The highest BCUT2D eigenvalue weighted by Gasteiger charge is 2.43. The fourth-order valence-corrected chi connectivity index (χ4v) is 4.37. The van der Waals surface area contributed by atoms with Gasteiger partial charge in [-0.05, 0) is 42.8 Å². The van der Waals surface area contributed by atoms with Crippen LogP contribution in [0.3, 0.4) is 0 Å². The number of anilines is 3. The first-order chi connectivity index (χ1) is 16.4. The molecule has 4 nitrogen and oxygen atoms in total. The topological polar surface area (TPSA) is 39.6 Å². The number of aromatic nitrogens is 1. The van der Waals surface area contributed by atoms with Crippen molar-refractivity contribution in [1.82, 2.24) is 4.98 Å². The number of aryl methyl sites for hydroxylation is 1. The molecule has 0 amide bonds. The maximum absolute atomic E-state index is 13.4. The molecule has 0 unspecified atom stereocenters. The molecule has 1 aromatic heterocycles. The fraction of sp³-hybridized carbons (Fsp3) is 0.292. The highest BCUT2D eigenvalue weighted by molar-refractivity contribution is 6.33. The van der Waals surface area contributed by atoms with E-state index in [1.54, 1.807) is 42.2 Å². The summed E-state index contributed by atoms with van der Waals surface area (Å²) in [7, 11) is 0. The Hall–Kier alpha value is -2.98. The standard InChI is InChI=1S/C24H20ClF6N3O/c1-14-9-20(17(25)11-32-14)33-12-21(15-5-4-6-16(10-15)23(26,27)28)34(13-22(35)24(29,30)31)19-8-3-2-7-18(19)33/h2-11,21-22,35H,12-13H2,1H3/t21-,22+/m0/s1. The summed E-state index contributed by atoms with van der Waals surface area (Å²) in [5.74, 6) is 0. The minimum Gasteiger partial charge on any atom is -0.382 e. The maximum Gasteiger partial charge on any atom is 0.416 e. The predicted molar refractivity (Wildman–Crippen MR) is 121 cm³/mol. The lowest BCUT2D eigenvalue weighted by Gasteiger charge is -2.46. The number of benzene rings is 2. The average Bonchev–Trinajstić information content (AvgIpc) is 2.80. The Bertz CT molecular complexity index is 1220. The first-order valence-electron chi connectivity index (χ1n) is 10.5. The maximum atomic E-state index is 13.4. The lowest BCUT2D eigenvalue weighted by molar-refractivity contribution is -0.200. The highest BCUT2D eigenvalue weighted by Crippen LogP contribution is 2.46. The summed E-state index contributed by atoms with van der Waals surface area (Å²) in [5, 5.41) is 10.2. The predicted octanol–water partition coefficient (Wildman–Crippen LogP) is 6.68. The van der Waals surface area contributed by atoms with Crippen molar-refractivity contribution in [1.29, 1.82) is 0 Å². The molecule has 3 aromatic rings. The number of hydrogen-bond donors (Lipinski definition) is 1. The van der Waals surface area contributed by atoms with Gasteiger partial charge in [-0.15, -0.1) is 0 Å². The van der Waals surface area contributed by atoms with E-state index < -0.39 is 36.6 Å². The van der Waals surface area contributed by atoms with Crippen LogP contribution in [0.5, 0.6) is 0 Å². The molecule has 1 aliphatic rings. The number of para-hydroxylation sites is 2. The molecule has 0 fully saturated rings. The van der Waals surface area contributed by atoms with Crippen LogP contribution >= 0.6 is 11.6 Å². The summed E-state index contributed by atoms with van der Waals surface area (Å²) in [5.41, 5.74) is 1.18. The van der Waals surface area contributed by atoms with E-state index in [1.807, 2.05) is 0 Å². The molecule has 2 atom stereocenters. The first kappa shape index (κ1) is 25.1. The van der Waals surface area contributed by atoms with Crippen LogP contribution in [0.25, 0.3) is 0 Å². The lowest BCUT2D eigenvalue weighted by atomic mass is 9.96. The molecule has 11 heteroatoms. The number of rotatable bonds is 4. The third kappa shape index (κ3) is 5.18. The van der Waals surface area contributed by atoms with Gasteiger partial charge in [-0.1, -0.05) is 35.9 Å². The van der Waals surface area contributed by atoms with Crippen molar-refractivity contribution in [3.05, 3.63) is 82.6 Å². The van der Waals surface area contributed by atoms with Gasteiger partial charge in [-0.25, -0.2) is 0 Å². The first-order valence-corrected chi connectivity index (χ1v) is 10.9. The smallest absolute Gasteiger partial charge is 0.382 e. The average molecular weight is 516 g/mol. The number of pyridine rings is 1. The molecule has 2 heterocycles. The summed E-state index contributed by atoms with van der Waals surface area (Å²) in [6, 6.07) is 11.7. The van der Waals surface area contributed by atoms with Crippen molar-refractivity contribution in [2.45, 2.75) is 31.4 Å². The second-order valence-electron chi connectivity index (χ2n) is 8.23. The number of aliphatic hydroxyl groups excluding tert-OH is 1. The number of nitrogens with zero attached hydrogens (tertiary/aromatic N) is 3. The lowest BCUT2D eigenvalue weighted by Crippen LogP contribution is -2.48. The summed E-state index contributed by atoms with van der Waals surface area (Å²) < 4.78 is 80.2. The Morgan fingerprint density at radius 1 is 1.00 bits per heavy atom. The molecule has 0 spiro atoms. The van der Waals surface area contributed by atoms with Crippen LogP contribution in [0.1, 0.15) is 22.9 Å². The van der Waals surface area contributed by atoms with Crippen molar-refractivity contribution in [3.8, 4) is 0 Å². The van der Waals surface area contributed by atoms with Crippen LogP contribution < -0.4 is 9.80 Å². The number of alkyl halides is 6. The van der Waals surface area contributed by atoms with E-state index in [-0.39, 0.29) is 17.1 Å². The van der Waals surface area contributed by atoms with Crippen LogP contribution in [-0.2, 0) is 6.18 Å². The number of aliphatic hydroxyl groups is 1. The van der Waals surface area contributed by atoms with Gasteiger partial charge < -0.3 is 14.9 Å². The van der Waals surface area contributed by atoms with Crippen molar-refractivity contribution in [2.75, 3.05) is 22.9 Å². The molecular weight excluding hydrogens is 496 g/mol. The summed E-state index contributed by atoms with van der Waals surface area (Å²) in [4.78, 5) is 7.17. The highest BCUT2D eigenvalue weighted by atomic mass is 35.5. The minimum absolute atomic E-state index is 0.0218. The van der Waals surface area contributed by atoms with Crippen LogP contribution in [0, 0.1) is 6.92 Å². The van der Waals surface area contributed by atoms with Crippen LogP contribution in [-0.4, -0.2) is 35.5 Å². The van der Waals surface area contributed by atoms with Gasteiger partial charge in [0, 0.05) is 18.4 Å². The van der Waals surface area contributed by atoms with E-state index in [0.717, 1.165) is 12.1 Å². The third-order valence-corrected chi connectivity index (χ3v) is 6.11. The Labute approximate surface area is 202 Å². The Kier molecular flexibility index (Phi) is 6.63. The normalized spacial score (nSPS) is 17.3. The Morgan fingerprint density at radius 3 is 2.34 bits per heavy atom. The zero-order valence-corrected chi connectivity index (χ0v) is 19.0. The van der Waals surface area contributed by atoms with E-state index in [1.165, 1.54) is 23.2 Å². The number of β-amino-alcohol motifs (C(OH)–C–C–N with tert-alkyl or cyclic N) is 1. The zero-order chi connectivity index (χ0) is 25.5. The van der Waals surface area contributed by atoms with Crippen LogP contribution in [0.2, 0.25) is 5.02 Å². The Balaban J connectivity index is 1.89. The molecule has 0 saturated carbocycles. The van der Waals surface area contributed by atoms with Crippen molar-refractivity contribution in [2.24, 2.45) is 0 Å². The van der Waals surface area contributed by atoms with Crippen LogP contribution in [0.15, 0.2) is 60.8 Å². The molecule has 0 bridgehead atoms. The van der Waals surface area contributed by atoms with E-state index in [9.17, 15) is 31.4 Å². The van der Waals surface area contributed by atoms with E-state index in [2.05, 4.69) is 4.98 Å². The van der Waals surface area contributed by atoms with Crippen LogP contribution in [0.4, 0.5) is 43.4 Å². The van der Waals surface area contributed by atoms with Crippen molar-refractivity contribution >= 4 is 28.7 Å². The minimum atomic E-state index is -4.91. The van der Waals surface area contributed by atoms with E-state index in [4.69, 9.17) is 11.6 Å².